The van der Waals surface area contributed by atoms with Crippen LogP contribution in [0.5, 0.6) is 0 Å². The Balaban J connectivity index is 1.49. The first kappa shape index (κ1) is 23.5. The predicted octanol–water partition coefficient (Wildman–Crippen LogP) is 5.48. The Labute approximate surface area is 221 Å². The van der Waals surface area contributed by atoms with E-state index < -0.39 is 5.92 Å². The van der Waals surface area contributed by atoms with Crippen molar-refractivity contribution >= 4 is 28.2 Å². The molecule has 0 fully saturated rings. The van der Waals surface area contributed by atoms with E-state index in [2.05, 4.69) is 32.1 Å². The minimum atomic E-state index is -0.627. The van der Waals surface area contributed by atoms with E-state index in [0.717, 1.165) is 10.3 Å². The molecule has 0 aliphatic rings. The Morgan fingerprint density at radius 3 is 2.66 bits per heavy atom. The number of aromatic amines is 1. The molecule has 8 nitrogen and oxygen atoms in total. The minimum absolute atomic E-state index is 0.380. The SMILES string of the molecule is C=C(c1ccccc1)[C@H](c1nc2ccc(F)cc2[nH]1)c1ccc(-c2cc(Cl)ccc2-n2cnnn2)c[n+]1[O-]. The van der Waals surface area contributed by atoms with Gasteiger partial charge in [-0.15, -0.1) is 5.10 Å². The summed E-state index contributed by atoms with van der Waals surface area (Å²) in [5, 5.41) is 25.5. The van der Waals surface area contributed by atoms with Crippen LogP contribution in [0.1, 0.15) is 23.0 Å². The van der Waals surface area contributed by atoms with Crippen LogP contribution in [0.4, 0.5) is 4.39 Å². The first-order chi connectivity index (χ1) is 18.5. The molecule has 186 valence electrons. The van der Waals surface area contributed by atoms with Crippen LogP contribution in [-0.2, 0) is 0 Å². The summed E-state index contributed by atoms with van der Waals surface area (Å²) >= 11 is 6.29. The van der Waals surface area contributed by atoms with Crippen LogP contribution in [-0.4, -0.2) is 30.2 Å². The monoisotopic (exact) mass is 523 g/mol. The molecule has 1 atom stereocenters. The molecule has 0 radical (unpaired) electrons. The zero-order valence-corrected chi connectivity index (χ0v) is 20.5. The number of H-pyrrole nitrogens is 1. The van der Waals surface area contributed by atoms with Crippen molar-refractivity contribution in [3.05, 3.63) is 131 Å². The zero-order chi connectivity index (χ0) is 26.2. The molecular weight excluding hydrogens is 505 g/mol. The number of aromatic nitrogens is 7. The second-order valence-corrected chi connectivity index (χ2v) is 9.13. The molecule has 0 saturated carbocycles. The fourth-order valence-electron chi connectivity index (χ4n) is 4.53. The maximum atomic E-state index is 13.9. The van der Waals surface area contributed by atoms with E-state index in [1.807, 2.05) is 36.4 Å². The van der Waals surface area contributed by atoms with Gasteiger partial charge in [-0.3, -0.25) is 0 Å². The van der Waals surface area contributed by atoms with Crippen molar-refractivity contribution in [3.8, 4) is 16.8 Å². The third kappa shape index (κ3) is 4.29. The summed E-state index contributed by atoms with van der Waals surface area (Å²) in [6.45, 7) is 4.32. The molecule has 3 heterocycles. The number of imidazole rings is 1. The number of pyridine rings is 1. The second kappa shape index (κ2) is 9.53. The summed E-state index contributed by atoms with van der Waals surface area (Å²) in [7, 11) is 0. The van der Waals surface area contributed by atoms with Gasteiger partial charge < -0.3 is 10.2 Å². The Morgan fingerprint density at radius 1 is 1.05 bits per heavy atom. The number of benzene rings is 3. The average molecular weight is 524 g/mol. The molecule has 3 aromatic carbocycles. The van der Waals surface area contributed by atoms with Gasteiger partial charge in [0.15, 0.2) is 6.20 Å². The highest BCUT2D eigenvalue weighted by molar-refractivity contribution is 6.31. The Kier molecular flexibility index (Phi) is 5.89. The van der Waals surface area contributed by atoms with Crippen LogP contribution in [0.25, 0.3) is 33.4 Å². The van der Waals surface area contributed by atoms with Gasteiger partial charge in [-0.25, -0.2) is 9.37 Å². The highest BCUT2D eigenvalue weighted by atomic mass is 35.5. The zero-order valence-electron chi connectivity index (χ0n) is 19.8. The quantitative estimate of drug-likeness (QED) is 0.230. The summed E-state index contributed by atoms with van der Waals surface area (Å²) in [6.07, 6.45) is 2.94. The molecule has 3 aromatic heterocycles. The van der Waals surface area contributed by atoms with Gasteiger partial charge in [-0.05, 0) is 64.0 Å². The Bertz CT molecular complexity index is 1780. The fourth-order valence-corrected chi connectivity index (χ4v) is 4.70. The van der Waals surface area contributed by atoms with Crippen molar-refractivity contribution in [2.24, 2.45) is 0 Å². The maximum absolute atomic E-state index is 13.9. The summed E-state index contributed by atoms with van der Waals surface area (Å²) in [6, 6.07) is 22.7. The first-order valence-electron chi connectivity index (χ1n) is 11.6. The lowest BCUT2D eigenvalue weighted by Crippen LogP contribution is -2.34. The lowest BCUT2D eigenvalue weighted by Gasteiger charge is -2.18. The number of nitrogens with zero attached hydrogens (tertiary/aromatic N) is 6. The standard InChI is InChI=1S/C28H19ClFN7O/c1-17(18-5-3-2-4-6-18)27(28-32-23-10-9-21(30)14-24(23)33-28)26-11-7-19(15-37(26)38)22-13-20(29)8-12-25(22)36-16-31-34-35-36/h2-16,27H,1H2,(H,32,33)/t27-/m0/s1. The number of halogens is 2. The van der Waals surface area contributed by atoms with Crippen molar-refractivity contribution in [1.29, 1.82) is 0 Å². The molecule has 10 heteroatoms. The van der Waals surface area contributed by atoms with Crippen molar-refractivity contribution in [1.82, 2.24) is 30.2 Å². The number of hydrogen-bond donors (Lipinski definition) is 1. The normalized spacial score (nSPS) is 12.1. The molecule has 0 aliphatic heterocycles. The fraction of sp³-hybridized carbons (Fsp3) is 0.0357. The summed E-state index contributed by atoms with van der Waals surface area (Å²) < 4.78 is 16.2. The Morgan fingerprint density at radius 2 is 1.89 bits per heavy atom. The highest BCUT2D eigenvalue weighted by Gasteiger charge is 2.29. The van der Waals surface area contributed by atoms with Gasteiger partial charge >= 0.3 is 0 Å². The molecule has 6 rings (SSSR count). The third-order valence-electron chi connectivity index (χ3n) is 6.33. The number of allylic oxidation sites excluding steroid dienone is 1. The van der Waals surface area contributed by atoms with Crippen LogP contribution < -0.4 is 4.73 Å². The maximum Gasteiger partial charge on any atom is 0.207 e. The van der Waals surface area contributed by atoms with Crippen molar-refractivity contribution in [2.75, 3.05) is 0 Å². The molecule has 38 heavy (non-hydrogen) atoms. The van der Waals surface area contributed by atoms with Crippen LogP contribution in [0.15, 0.2) is 98.0 Å². The molecule has 0 saturated heterocycles. The van der Waals surface area contributed by atoms with Gasteiger partial charge in [-0.1, -0.05) is 48.5 Å². The molecule has 6 aromatic rings. The molecule has 0 unspecified atom stereocenters. The number of rotatable bonds is 6. The minimum Gasteiger partial charge on any atom is -0.618 e. The van der Waals surface area contributed by atoms with Gasteiger partial charge in [-0.2, -0.15) is 9.41 Å². The van der Waals surface area contributed by atoms with E-state index in [4.69, 9.17) is 11.6 Å². The van der Waals surface area contributed by atoms with Crippen molar-refractivity contribution in [2.45, 2.75) is 5.92 Å². The lowest BCUT2D eigenvalue weighted by atomic mass is 9.89. The van der Waals surface area contributed by atoms with Crippen LogP contribution >= 0.6 is 11.6 Å². The van der Waals surface area contributed by atoms with Crippen molar-refractivity contribution < 1.29 is 9.12 Å². The topological polar surface area (TPSA) is 99.2 Å². The summed E-state index contributed by atoms with van der Waals surface area (Å²) in [5.74, 6) is -0.527. The summed E-state index contributed by atoms with van der Waals surface area (Å²) in [4.78, 5) is 7.87. The molecule has 0 bridgehead atoms. The van der Waals surface area contributed by atoms with Crippen LogP contribution in [0.3, 0.4) is 0 Å². The van der Waals surface area contributed by atoms with Gasteiger partial charge in [0.25, 0.3) is 0 Å². The third-order valence-corrected chi connectivity index (χ3v) is 6.57. The number of nitrogens with one attached hydrogen (secondary N) is 1. The average Bonchev–Trinajstić information content (AvgIpc) is 3.60. The molecular formula is C28H19ClFN7O. The molecule has 0 amide bonds. The number of fused-ring (bicyclic) bond motifs is 1. The molecule has 0 spiro atoms. The molecule has 1 N–H and O–H groups in total. The number of hydrogen-bond acceptors (Lipinski definition) is 5. The van der Waals surface area contributed by atoms with Gasteiger partial charge in [0.1, 0.15) is 23.9 Å². The van der Waals surface area contributed by atoms with Crippen molar-refractivity contribution in [3.63, 3.8) is 0 Å². The highest BCUT2D eigenvalue weighted by Crippen LogP contribution is 2.36. The van der Waals surface area contributed by atoms with Gasteiger partial charge in [0.2, 0.25) is 5.69 Å². The first-order valence-corrected chi connectivity index (χ1v) is 12.0. The lowest BCUT2D eigenvalue weighted by molar-refractivity contribution is -0.613. The van der Waals surface area contributed by atoms with Gasteiger partial charge in [0.05, 0.1) is 16.7 Å². The smallest absolute Gasteiger partial charge is 0.207 e. The van der Waals surface area contributed by atoms with E-state index in [1.54, 1.807) is 30.3 Å². The Hall–Kier alpha value is -4.89. The second-order valence-electron chi connectivity index (χ2n) is 8.69. The van der Waals surface area contributed by atoms with Crippen LogP contribution in [0, 0.1) is 11.0 Å². The van der Waals surface area contributed by atoms with E-state index in [-0.39, 0.29) is 5.82 Å². The predicted molar refractivity (Wildman–Crippen MR) is 142 cm³/mol. The van der Waals surface area contributed by atoms with E-state index in [9.17, 15) is 9.60 Å². The molecule has 0 aliphatic carbocycles. The number of tetrazole rings is 1. The van der Waals surface area contributed by atoms with E-state index in [1.165, 1.54) is 29.3 Å². The van der Waals surface area contributed by atoms with Crippen LogP contribution in [0.2, 0.25) is 5.02 Å². The van der Waals surface area contributed by atoms with Gasteiger partial charge in [0, 0.05) is 22.2 Å². The van der Waals surface area contributed by atoms with E-state index >= 15 is 0 Å². The van der Waals surface area contributed by atoms with E-state index in [0.29, 0.717) is 50.0 Å². The summed E-state index contributed by atoms with van der Waals surface area (Å²) in [5.41, 5.74) is 5.00. The largest absolute Gasteiger partial charge is 0.618 e.